The average molecular weight is 699 g/mol. The lowest BCUT2D eigenvalue weighted by Gasteiger charge is -2.39. The van der Waals surface area contributed by atoms with E-state index in [2.05, 4.69) is 66.1 Å². The number of rotatable bonds is 10. The van der Waals surface area contributed by atoms with Crippen LogP contribution in [0.3, 0.4) is 0 Å². The monoisotopic (exact) mass is 698 g/mol. The van der Waals surface area contributed by atoms with Crippen molar-refractivity contribution in [1.82, 2.24) is 19.6 Å². The summed E-state index contributed by atoms with van der Waals surface area (Å²) in [6, 6.07) is 18.3. The number of carboxylic acid groups (broad SMARTS) is 4. The Hall–Kier alpha value is -4.72. The minimum Gasteiger partial charge on any atom is -0.478 e. The largest absolute Gasteiger partial charge is 0.478 e. The third kappa shape index (κ3) is 12.0. The molecule has 2 fully saturated rings. The Balaban J connectivity index is 0.000000338. The van der Waals surface area contributed by atoms with Crippen molar-refractivity contribution in [2.75, 3.05) is 52.4 Å². The molecule has 2 saturated heterocycles. The van der Waals surface area contributed by atoms with Gasteiger partial charge in [0.15, 0.2) is 0 Å². The predicted octanol–water partition coefficient (Wildman–Crippen LogP) is 4.10. The minimum absolute atomic E-state index is 0.205. The van der Waals surface area contributed by atoms with Gasteiger partial charge in [-0.05, 0) is 49.1 Å². The number of carbonyl (C=O) groups excluding carboxylic acids is 1. The van der Waals surface area contributed by atoms with Crippen LogP contribution in [0.25, 0.3) is 0 Å². The fraction of sp³-hybridized carbons (Fsp3) is 0.400. The molecule has 2 aromatic rings. The number of carbonyl (C=O) groups is 5. The molecule has 3 aliphatic rings. The number of aliphatic carboxylic acids is 4. The van der Waals surface area contributed by atoms with Gasteiger partial charge in [0.1, 0.15) is 0 Å². The summed E-state index contributed by atoms with van der Waals surface area (Å²) in [5.41, 5.74) is 4.22. The van der Waals surface area contributed by atoms with Crippen molar-refractivity contribution in [2.45, 2.75) is 38.3 Å². The van der Waals surface area contributed by atoms with Gasteiger partial charge in [-0.15, -0.1) is 0 Å². The number of urea groups is 1. The summed E-state index contributed by atoms with van der Waals surface area (Å²) in [6.07, 6.45) is 3.35. The molecule has 4 N–H and O–H groups in total. The number of carboxylic acids is 4. The van der Waals surface area contributed by atoms with Gasteiger partial charge in [-0.1, -0.05) is 48.0 Å². The second kappa shape index (κ2) is 18.7. The molecule has 1 aliphatic carbocycles. The first-order valence-electron chi connectivity index (χ1n) is 15.9. The molecule has 0 aromatic heterocycles. The van der Waals surface area contributed by atoms with Crippen molar-refractivity contribution in [3.05, 3.63) is 94.5 Å². The molecule has 13 nitrogen and oxygen atoms in total. The maximum atomic E-state index is 12.5. The summed E-state index contributed by atoms with van der Waals surface area (Å²) in [4.78, 5) is 59.9. The molecule has 0 saturated carbocycles. The van der Waals surface area contributed by atoms with Gasteiger partial charge < -0.3 is 30.2 Å². The maximum Gasteiger partial charge on any atom is 0.328 e. The fourth-order valence-electron chi connectivity index (χ4n) is 6.11. The highest BCUT2D eigenvalue weighted by molar-refractivity contribution is 6.30. The van der Waals surface area contributed by atoms with E-state index in [9.17, 15) is 24.0 Å². The van der Waals surface area contributed by atoms with Crippen LogP contribution in [0.2, 0.25) is 5.02 Å². The van der Waals surface area contributed by atoms with Crippen molar-refractivity contribution < 1.29 is 44.4 Å². The van der Waals surface area contributed by atoms with E-state index in [0.717, 1.165) is 63.8 Å². The predicted molar refractivity (Wildman–Crippen MR) is 183 cm³/mol. The number of hydrogen-bond acceptors (Lipinski definition) is 7. The van der Waals surface area contributed by atoms with Crippen LogP contribution in [-0.4, -0.2) is 128 Å². The third-order valence-electron chi connectivity index (χ3n) is 8.47. The summed E-state index contributed by atoms with van der Waals surface area (Å²) in [6.45, 7) is 12.0. The molecule has 2 amide bonds. The topological polar surface area (TPSA) is 179 Å². The highest BCUT2D eigenvalue weighted by atomic mass is 35.5. The van der Waals surface area contributed by atoms with Crippen molar-refractivity contribution in [3.63, 3.8) is 0 Å². The second-order valence-electron chi connectivity index (χ2n) is 11.9. The molecule has 264 valence electrons. The van der Waals surface area contributed by atoms with Gasteiger partial charge in [-0.25, -0.2) is 24.0 Å². The fourth-order valence-corrected chi connectivity index (χ4v) is 6.29. The van der Waals surface area contributed by atoms with Gasteiger partial charge >= 0.3 is 29.9 Å². The van der Waals surface area contributed by atoms with E-state index in [0.29, 0.717) is 36.3 Å². The number of benzene rings is 2. The van der Waals surface area contributed by atoms with E-state index >= 15 is 0 Å². The third-order valence-corrected chi connectivity index (χ3v) is 8.70. The molecule has 14 heteroatoms. The Bertz CT molecular complexity index is 1460. The van der Waals surface area contributed by atoms with Crippen LogP contribution in [0.5, 0.6) is 0 Å². The van der Waals surface area contributed by atoms with Crippen molar-refractivity contribution in [3.8, 4) is 0 Å². The molecule has 0 radical (unpaired) electrons. The standard InChI is InChI=1S/C27H35ClN4O.2C4H4O4/c1-20(2)32-17-16-31(27(32)33)15-12-29-10-13-30(14-11-29)26-19-24(21-6-4-3-5-7-21)25-18-22(28)8-9-23(25)26;2*5-3(6)1-2-4(7)8/h3-9,18,20,24,26H,10-17,19H2,1-2H3;2*1-2H,(H,5,6)(H,7,8)/b;2*2-1-/t24-,26+;;/m1../s1. The van der Waals surface area contributed by atoms with E-state index in [1.54, 1.807) is 0 Å². The van der Waals surface area contributed by atoms with E-state index in [1.165, 1.54) is 16.7 Å². The van der Waals surface area contributed by atoms with E-state index < -0.39 is 23.9 Å². The first kappa shape index (κ1) is 38.7. The van der Waals surface area contributed by atoms with Crippen LogP contribution in [0.1, 0.15) is 48.9 Å². The lowest BCUT2D eigenvalue weighted by Crippen LogP contribution is -2.49. The van der Waals surface area contributed by atoms with Crippen molar-refractivity contribution >= 4 is 41.5 Å². The van der Waals surface area contributed by atoms with Gasteiger partial charge in [0, 0.05) is 99.7 Å². The highest BCUT2D eigenvalue weighted by Gasteiger charge is 2.37. The second-order valence-corrected chi connectivity index (χ2v) is 12.4. The summed E-state index contributed by atoms with van der Waals surface area (Å²) in [5.74, 6) is -4.62. The first-order valence-corrected chi connectivity index (χ1v) is 16.3. The minimum atomic E-state index is -1.26. The summed E-state index contributed by atoms with van der Waals surface area (Å²) in [7, 11) is 0. The summed E-state index contributed by atoms with van der Waals surface area (Å²) >= 11 is 6.40. The quantitative estimate of drug-likeness (QED) is 0.263. The Labute approximate surface area is 290 Å². The molecule has 0 unspecified atom stereocenters. The van der Waals surface area contributed by atoms with E-state index in [-0.39, 0.29) is 12.1 Å². The molecule has 0 spiro atoms. The SMILES string of the molecule is CC(C)N1CCN(CCN2CCN([C@H]3C[C@H](c4ccccc4)c4cc(Cl)ccc43)CC2)C1=O.O=C(O)/C=C\C(=O)O.O=C(O)/C=C\C(=O)O. The van der Waals surface area contributed by atoms with Gasteiger partial charge in [0.25, 0.3) is 0 Å². The zero-order chi connectivity index (χ0) is 36.1. The molecular formula is C35H43ClN4O9. The van der Waals surface area contributed by atoms with Gasteiger partial charge in [-0.2, -0.15) is 0 Å². The zero-order valence-electron chi connectivity index (χ0n) is 27.5. The molecular weight excluding hydrogens is 656 g/mol. The van der Waals surface area contributed by atoms with E-state index in [1.807, 2.05) is 15.9 Å². The smallest absolute Gasteiger partial charge is 0.328 e. The van der Waals surface area contributed by atoms with Crippen LogP contribution in [0, 0.1) is 0 Å². The lowest BCUT2D eigenvalue weighted by molar-refractivity contribution is -0.134. The molecule has 5 rings (SSSR count). The molecule has 0 bridgehead atoms. The van der Waals surface area contributed by atoms with Gasteiger partial charge in [-0.3, -0.25) is 9.80 Å². The highest BCUT2D eigenvalue weighted by Crippen LogP contribution is 2.47. The molecule has 2 aliphatic heterocycles. The van der Waals surface area contributed by atoms with Crippen molar-refractivity contribution in [1.29, 1.82) is 0 Å². The average Bonchev–Trinajstić information content (AvgIpc) is 3.63. The number of piperazine rings is 1. The maximum absolute atomic E-state index is 12.5. The Morgan fingerprint density at radius 3 is 1.80 bits per heavy atom. The zero-order valence-corrected chi connectivity index (χ0v) is 28.3. The number of hydrogen-bond donors (Lipinski definition) is 4. The van der Waals surface area contributed by atoms with Crippen LogP contribution >= 0.6 is 11.6 Å². The summed E-state index contributed by atoms with van der Waals surface area (Å²) < 4.78 is 0. The molecule has 2 aromatic carbocycles. The van der Waals surface area contributed by atoms with E-state index in [4.69, 9.17) is 32.0 Å². The van der Waals surface area contributed by atoms with Crippen LogP contribution in [-0.2, 0) is 19.2 Å². The Morgan fingerprint density at radius 2 is 1.31 bits per heavy atom. The van der Waals surface area contributed by atoms with Crippen LogP contribution in [0.15, 0.2) is 72.8 Å². The Morgan fingerprint density at radius 1 is 0.755 bits per heavy atom. The Kier molecular flexibility index (Phi) is 14.8. The molecule has 2 atom stereocenters. The van der Waals surface area contributed by atoms with Crippen LogP contribution < -0.4 is 0 Å². The van der Waals surface area contributed by atoms with Crippen molar-refractivity contribution in [2.24, 2.45) is 0 Å². The number of fused-ring (bicyclic) bond motifs is 1. The van der Waals surface area contributed by atoms with Crippen LogP contribution in [0.4, 0.5) is 4.79 Å². The number of halogens is 1. The molecule has 49 heavy (non-hydrogen) atoms. The van der Waals surface area contributed by atoms with Gasteiger partial charge in [0.2, 0.25) is 0 Å². The number of nitrogens with zero attached hydrogens (tertiary/aromatic N) is 4. The normalized spacial score (nSPS) is 19.4. The molecule has 2 heterocycles. The van der Waals surface area contributed by atoms with Gasteiger partial charge in [0.05, 0.1) is 0 Å². The first-order chi connectivity index (χ1) is 23.3. The number of amides is 2. The lowest BCUT2D eigenvalue weighted by atomic mass is 9.93. The summed E-state index contributed by atoms with van der Waals surface area (Å²) in [5, 5.41) is 32.1.